The Labute approximate surface area is 170 Å². The molecule has 2 aromatic heterocycles. The van der Waals surface area contributed by atoms with Crippen LogP contribution in [0.4, 0.5) is 0 Å². The summed E-state index contributed by atoms with van der Waals surface area (Å²) in [5.74, 6) is 0. The van der Waals surface area contributed by atoms with E-state index >= 15 is 0 Å². The predicted molar refractivity (Wildman–Crippen MR) is 89.5 cm³/mol. The lowest BCUT2D eigenvalue weighted by atomic mass is 10.1. The lowest BCUT2D eigenvalue weighted by Crippen LogP contribution is -3.00. The fourth-order valence-corrected chi connectivity index (χ4v) is 2.60. The molecule has 0 saturated carbocycles. The highest BCUT2D eigenvalue weighted by atomic mass is 79.9. The molecule has 0 aliphatic carbocycles. The summed E-state index contributed by atoms with van der Waals surface area (Å²) in [6.07, 6.45) is 9.16. The third-order valence-corrected chi connectivity index (χ3v) is 3.90. The van der Waals surface area contributed by atoms with Crippen LogP contribution in [-0.2, 0) is 13.1 Å². The number of aromatic nitrogens is 2. The first-order chi connectivity index (χ1) is 11.3. The van der Waals surface area contributed by atoms with E-state index in [2.05, 4.69) is 82.5 Å². The summed E-state index contributed by atoms with van der Waals surface area (Å²) in [6, 6.07) is 19.0. The summed E-state index contributed by atoms with van der Waals surface area (Å²) in [6.45, 7) is 1.97. The van der Waals surface area contributed by atoms with Crippen LogP contribution < -0.4 is 43.1 Å². The van der Waals surface area contributed by atoms with E-state index in [0.29, 0.717) is 0 Å². The molecule has 1 N–H and O–H groups in total. The van der Waals surface area contributed by atoms with Crippen LogP contribution in [0, 0.1) is 0 Å². The van der Waals surface area contributed by atoms with Crippen molar-refractivity contribution in [3.63, 3.8) is 0 Å². The minimum Gasteiger partial charge on any atom is -1.00 e. The zero-order chi connectivity index (χ0) is 15.9. The Morgan fingerprint density at radius 2 is 1.20 bits per heavy atom. The van der Waals surface area contributed by atoms with Crippen molar-refractivity contribution >= 4 is 0 Å². The second kappa shape index (κ2) is 11.1. The van der Waals surface area contributed by atoms with Crippen LogP contribution in [0.25, 0.3) is 11.1 Å². The van der Waals surface area contributed by atoms with Crippen LogP contribution in [0.5, 0.6) is 0 Å². The fourth-order valence-electron chi connectivity index (χ4n) is 2.60. The van der Waals surface area contributed by atoms with E-state index in [-0.39, 0.29) is 40.6 Å². The first-order valence-electron chi connectivity index (χ1n) is 7.98. The van der Waals surface area contributed by atoms with E-state index < -0.39 is 0 Å². The standard InChI is InChI=1S/C20H22N2O.2BrH/c23-16-4-11-21-12-7-19(8-13-21)20-9-14-22(15-10-20)17-18-5-2-1-3-6-18;;/h1-3,5-10,12-15,23H,4,11,16-17H2;2*1H/q+2;;/p-2. The van der Waals surface area contributed by atoms with Gasteiger partial charge in [0, 0.05) is 42.9 Å². The highest BCUT2D eigenvalue weighted by Gasteiger charge is 2.06. The van der Waals surface area contributed by atoms with Gasteiger partial charge in [0.15, 0.2) is 37.9 Å². The fraction of sp³-hybridized carbons (Fsp3) is 0.200. The number of halogens is 2. The van der Waals surface area contributed by atoms with Gasteiger partial charge in [0.25, 0.3) is 0 Å². The molecule has 3 rings (SSSR count). The Morgan fingerprint density at radius 1 is 0.680 bits per heavy atom. The number of rotatable bonds is 6. The van der Waals surface area contributed by atoms with Gasteiger partial charge in [-0.3, -0.25) is 0 Å². The Balaban J connectivity index is 0.00000156. The third-order valence-electron chi connectivity index (χ3n) is 3.90. The highest BCUT2D eigenvalue weighted by Crippen LogP contribution is 2.15. The van der Waals surface area contributed by atoms with Crippen molar-refractivity contribution in [1.82, 2.24) is 0 Å². The van der Waals surface area contributed by atoms with Crippen LogP contribution in [0.2, 0.25) is 0 Å². The lowest BCUT2D eigenvalue weighted by molar-refractivity contribution is -0.697. The summed E-state index contributed by atoms with van der Waals surface area (Å²) >= 11 is 0. The third kappa shape index (κ3) is 6.34. The van der Waals surface area contributed by atoms with Crippen LogP contribution in [0.3, 0.4) is 0 Å². The van der Waals surface area contributed by atoms with E-state index in [4.69, 9.17) is 5.11 Å². The quantitative estimate of drug-likeness (QED) is 0.374. The van der Waals surface area contributed by atoms with Crippen molar-refractivity contribution < 1.29 is 48.2 Å². The SMILES string of the molecule is OCCC[n+]1ccc(-c2cc[n+](Cc3ccccc3)cc2)cc1.[Br-].[Br-]. The summed E-state index contributed by atoms with van der Waals surface area (Å²) < 4.78 is 4.28. The number of aliphatic hydroxyl groups is 1. The van der Waals surface area contributed by atoms with Crippen molar-refractivity contribution in [2.75, 3.05) is 6.61 Å². The largest absolute Gasteiger partial charge is 1.00 e. The molecule has 0 bridgehead atoms. The monoisotopic (exact) mass is 464 g/mol. The maximum absolute atomic E-state index is 8.88. The minimum absolute atomic E-state index is 0. The van der Waals surface area contributed by atoms with Crippen molar-refractivity contribution in [2.24, 2.45) is 0 Å². The average molecular weight is 466 g/mol. The molecule has 0 radical (unpaired) electrons. The van der Waals surface area contributed by atoms with Crippen molar-refractivity contribution in [3.05, 3.63) is 84.9 Å². The molecule has 3 nitrogen and oxygen atoms in total. The highest BCUT2D eigenvalue weighted by molar-refractivity contribution is 5.60. The molecule has 25 heavy (non-hydrogen) atoms. The minimum atomic E-state index is 0. The zero-order valence-corrected chi connectivity index (χ0v) is 17.1. The topological polar surface area (TPSA) is 28.0 Å². The number of benzene rings is 1. The molecule has 0 atom stereocenters. The molecule has 0 spiro atoms. The number of aliphatic hydroxyl groups excluding tert-OH is 1. The molecule has 5 heteroatoms. The van der Waals surface area contributed by atoms with Gasteiger partial charge < -0.3 is 39.1 Å². The molecule has 2 heterocycles. The van der Waals surface area contributed by atoms with Gasteiger partial charge >= 0.3 is 0 Å². The average Bonchev–Trinajstić information content (AvgIpc) is 2.62. The normalized spacial score (nSPS) is 9.80. The molecule has 0 amide bonds. The first kappa shape index (κ1) is 21.5. The van der Waals surface area contributed by atoms with Crippen LogP contribution in [0.15, 0.2) is 79.4 Å². The van der Waals surface area contributed by atoms with E-state index in [1.165, 1.54) is 16.7 Å². The lowest BCUT2D eigenvalue weighted by Gasteiger charge is -2.02. The summed E-state index contributed by atoms with van der Waals surface area (Å²) in [5, 5.41) is 8.88. The molecule has 0 aliphatic rings. The van der Waals surface area contributed by atoms with Crippen LogP contribution in [0.1, 0.15) is 12.0 Å². The maximum Gasteiger partial charge on any atom is 0.173 e. The van der Waals surface area contributed by atoms with Gasteiger partial charge in [0.05, 0.1) is 0 Å². The van der Waals surface area contributed by atoms with Gasteiger partial charge in [-0.2, -0.15) is 0 Å². The van der Waals surface area contributed by atoms with E-state index in [1.54, 1.807) is 0 Å². The van der Waals surface area contributed by atoms with Gasteiger partial charge in [-0.05, 0) is 11.1 Å². The summed E-state index contributed by atoms with van der Waals surface area (Å²) in [7, 11) is 0. The van der Waals surface area contributed by atoms with Gasteiger partial charge in [-0.15, -0.1) is 0 Å². The van der Waals surface area contributed by atoms with Crippen LogP contribution in [-0.4, -0.2) is 11.7 Å². The predicted octanol–water partition coefficient (Wildman–Crippen LogP) is -3.63. The Bertz CT molecular complexity index is 732. The zero-order valence-electron chi connectivity index (χ0n) is 13.9. The van der Waals surface area contributed by atoms with E-state index in [1.807, 2.05) is 6.07 Å². The summed E-state index contributed by atoms with van der Waals surface area (Å²) in [5.41, 5.74) is 3.72. The summed E-state index contributed by atoms with van der Waals surface area (Å²) in [4.78, 5) is 0. The number of hydrogen-bond acceptors (Lipinski definition) is 1. The second-order valence-corrected chi connectivity index (χ2v) is 5.65. The second-order valence-electron chi connectivity index (χ2n) is 5.65. The van der Waals surface area contributed by atoms with Gasteiger partial charge in [0.1, 0.15) is 0 Å². The Kier molecular flexibility index (Phi) is 9.57. The molecule has 0 saturated heterocycles. The molecule has 1 aromatic carbocycles. The van der Waals surface area contributed by atoms with Gasteiger partial charge in [-0.1, -0.05) is 30.3 Å². The molecule has 3 aromatic rings. The molecule has 0 aliphatic heterocycles. The number of hydrogen-bond donors (Lipinski definition) is 1. The molecule has 0 fully saturated rings. The Morgan fingerprint density at radius 3 is 1.72 bits per heavy atom. The number of nitrogens with zero attached hydrogens (tertiary/aromatic N) is 2. The van der Waals surface area contributed by atoms with Crippen LogP contribution >= 0.6 is 0 Å². The molecule has 0 unspecified atom stereocenters. The smallest absolute Gasteiger partial charge is 0.173 e. The van der Waals surface area contributed by atoms with Crippen molar-refractivity contribution in [1.29, 1.82) is 0 Å². The number of pyridine rings is 2. The molecular formula is C20H22Br2N2O. The van der Waals surface area contributed by atoms with Gasteiger partial charge in [0.2, 0.25) is 0 Å². The first-order valence-corrected chi connectivity index (χ1v) is 7.98. The van der Waals surface area contributed by atoms with Crippen molar-refractivity contribution in [3.8, 4) is 11.1 Å². The number of aryl methyl sites for hydroxylation is 1. The van der Waals surface area contributed by atoms with Gasteiger partial charge in [-0.25, -0.2) is 9.13 Å². The maximum atomic E-state index is 8.88. The van der Waals surface area contributed by atoms with Crippen molar-refractivity contribution in [2.45, 2.75) is 19.5 Å². The van der Waals surface area contributed by atoms with E-state index in [0.717, 1.165) is 19.5 Å². The molecular weight excluding hydrogens is 444 g/mol. The Hall–Kier alpha value is -1.56. The van der Waals surface area contributed by atoms with E-state index in [9.17, 15) is 0 Å². The molecule has 132 valence electrons.